The maximum Gasteiger partial charge on any atom is 0.260 e. The zero-order valence-corrected chi connectivity index (χ0v) is 18.3. The molecule has 0 saturated heterocycles. The Kier molecular flexibility index (Phi) is 6.47. The number of nitrogens with one attached hydrogen (secondary N) is 1. The molecule has 1 heterocycles. The van der Waals surface area contributed by atoms with Crippen molar-refractivity contribution >= 4 is 32.6 Å². The molecule has 3 rings (SSSR count). The molecule has 1 aromatic heterocycles. The molecule has 0 fully saturated rings. The molecule has 1 N–H and O–H groups in total. The molecule has 0 aliphatic heterocycles. The maximum atomic E-state index is 13.4. The van der Waals surface area contributed by atoms with E-state index in [1.165, 1.54) is 16.0 Å². The highest BCUT2D eigenvalue weighted by molar-refractivity contribution is 7.22. The number of fused-ring (bicyclic) bond motifs is 1. The number of likely N-dealkylation sites (N-methyl/N-ethyl adjacent to an activating group) is 1. The maximum absolute atomic E-state index is 13.4. The van der Waals surface area contributed by atoms with Crippen molar-refractivity contribution in [3.63, 3.8) is 0 Å². The van der Waals surface area contributed by atoms with Crippen molar-refractivity contribution in [2.75, 3.05) is 31.1 Å². The van der Waals surface area contributed by atoms with Gasteiger partial charge in [0.05, 0.1) is 36.4 Å². The number of thiazole rings is 1. The van der Waals surface area contributed by atoms with E-state index in [2.05, 4.69) is 46.8 Å². The monoisotopic (exact) mass is 396 g/mol. The van der Waals surface area contributed by atoms with Crippen LogP contribution in [0.4, 0.5) is 5.13 Å². The number of quaternary nitrogens is 1. The number of hydrogen-bond acceptors (Lipinski definition) is 3. The largest absolute Gasteiger partial charge is 0.334 e. The molecule has 2 aromatic carbocycles. The summed E-state index contributed by atoms with van der Waals surface area (Å²) in [6.07, 6.45) is 0. The van der Waals surface area contributed by atoms with E-state index in [0.717, 1.165) is 46.1 Å². The van der Waals surface area contributed by atoms with Crippen molar-refractivity contribution in [1.82, 2.24) is 4.98 Å². The van der Waals surface area contributed by atoms with Crippen molar-refractivity contribution in [2.24, 2.45) is 0 Å². The Labute approximate surface area is 171 Å². The lowest BCUT2D eigenvalue weighted by molar-refractivity contribution is -0.894. The van der Waals surface area contributed by atoms with Crippen LogP contribution in [0, 0.1) is 20.8 Å². The van der Waals surface area contributed by atoms with E-state index in [4.69, 9.17) is 4.98 Å². The normalized spacial score (nSPS) is 11.4. The van der Waals surface area contributed by atoms with E-state index in [9.17, 15) is 4.79 Å². The van der Waals surface area contributed by atoms with Crippen molar-refractivity contribution in [3.8, 4) is 0 Å². The van der Waals surface area contributed by atoms with Gasteiger partial charge in [-0.1, -0.05) is 23.5 Å². The lowest BCUT2D eigenvalue weighted by atomic mass is 10.1. The van der Waals surface area contributed by atoms with Gasteiger partial charge < -0.3 is 4.90 Å². The Balaban J connectivity index is 1.97. The number of amides is 1. The van der Waals surface area contributed by atoms with Crippen molar-refractivity contribution < 1.29 is 9.69 Å². The van der Waals surface area contributed by atoms with Gasteiger partial charge >= 0.3 is 0 Å². The lowest BCUT2D eigenvalue weighted by Gasteiger charge is -2.23. The smallest absolute Gasteiger partial charge is 0.260 e. The van der Waals surface area contributed by atoms with E-state index in [0.29, 0.717) is 6.54 Å². The van der Waals surface area contributed by atoms with Crippen LogP contribution in [0.15, 0.2) is 36.4 Å². The molecule has 0 spiro atoms. The molecule has 0 saturated carbocycles. The van der Waals surface area contributed by atoms with Crippen LogP contribution in [-0.2, 0) is 0 Å². The van der Waals surface area contributed by atoms with Gasteiger partial charge in [0.2, 0.25) is 0 Å². The van der Waals surface area contributed by atoms with Crippen LogP contribution >= 0.6 is 11.3 Å². The number of aromatic nitrogens is 1. The molecule has 0 radical (unpaired) electrons. The fraction of sp³-hybridized carbons (Fsp3) is 0.391. The van der Waals surface area contributed by atoms with E-state index >= 15 is 0 Å². The molecule has 0 bridgehead atoms. The Morgan fingerprint density at radius 1 is 1.04 bits per heavy atom. The third-order valence-electron chi connectivity index (χ3n) is 5.45. The summed E-state index contributed by atoms with van der Waals surface area (Å²) >= 11 is 1.60. The standard InChI is InChI=1S/C23H29N3OS/c1-6-25(7-2)12-13-26(22(27)19-10-9-17(4)18(5)15-19)23-24-20-11-8-16(3)14-21(20)28-23/h8-11,14-15H,6-7,12-13H2,1-5H3/p+1. The second-order valence-electron chi connectivity index (χ2n) is 7.43. The summed E-state index contributed by atoms with van der Waals surface area (Å²) in [6, 6.07) is 12.2. The van der Waals surface area contributed by atoms with Gasteiger partial charge in [0, 0.05) is 5.56 Å². The molecular formula is C23H30N3OS+. The molecule has 4 nitrogen and oxygen atoms in total. The van der Waals surface area contributed by atoms with Crippen LogP contribution in [0.2, 0.25) is 0 Å². The quantitative estimate of drug-likeness (QED) is 0.660. The van der Waals surface area contributed by atoms with Gasteiger partial charge in [0.25, 0.3) is 5.91 Å². The van der Waals surface area contributed by atoms with Gasteiger partial charge in [0.15, 0.2) is 5.13 Å². The highest BCUT2D eigenvalue weighted by Gasteiger charge is 2.23. The highest BCUT2D eigenvalue weighted by Crippen LogP contribution is 2.30. The summed E-state index contributed by atoms with van der Waals surface area (Å²) in [4.78, 5) is 21.6. The first-order valence-electron chi connectivity index (χ1n) is 10.0. The fourth-order valence-corrected chi connectivity index (χ4v) is 4.41. The first kappa shape index (κ1) is 20.5. The molecular weight excluding hydrogens is 366 g/mol. The van der Waals surface area contributed by atoms with Crippen molar-refractivity contribution in [2.45, 2.75) is 34.6 Å². The number of rotatable bonds is 7. The zero-order valence-electron chi connectivity index (χ0n) is 17.5. The molecule has 148 valence electrons. The Bertz CT molecular complexity index is 975. The van der Waals surface area contributed by atoms with Gasteiger partial charge in [-0.15, -0.1) is 0 Å². The van der Waals surface area contributed by atoms with E-state index in [1.54, 1.807) is 11.3 Å². The number of benzene rings is 2. The summed E-state index contributed by atoms with van der Waals surface area (Å²) < 4.78 is 1.13. The lowest BCUT2D eigenvalue weighted by Crippen LogP contribution is -3.12. The van der Waals surface area contributed by atoms with Crippen molar-refractivity contribution in [3.05, 3.63) is 58.7 Å². The molecule has 3 aromatic rings. The van der Waals surface area contributed by atoms with Gasteiger partial charge in [-0.05, 0) is 75.6 Å². The summed E-state index contributed by atoms with van der Waals surface area (Å²) in [7, 11) is 0. The number of nitrogens with zero attached hydrogens (tertiary/aromatic N) is 2. The molecule has 5 heteroatoms. The molecule has 0 aliphatic carbocycles. The van der Waals surface area contributed by atoms with Crippen LogP contribution in [0.5, 0.6) is 0 Å². The van der Waals surface area contributed by atoms with E-state index in [-0.39, 0.29) is 5.91 Å². The fourth-order valence-electron chi connectivity index (χ4n) is 3.32. The molecule has 0 atom stereocenters. The van der Waals surface area contributed by atoms with Crippen LogP contribution in [0.25, 0.3) is 10.2 Å². The molecule has 0 aliphatic rings. The number of carbonyl (C=O) groups excluding carboxylic acids is 1. The second kappa shape index (κ2) is 8.84. The predicted octanol–water partition coefficient (Wildman–Crippen LogP) is 3.79. The topological polar surface area (TPSA) is 37.6 Å². The van der Waals surface area contributed by atoms with Gasteiger partial charge in [-0.25, -0.2) is 4.98 Å². The van der Waals surface area contributed by atoms with Crippen molar-refractivity contribution in [1.29, 1.82) is 0 Å². The number of anilines is 1. The van der Waals surface area contributed by atoms with Crippen LogP contribution < -0.4 is 9.80 Å². The minimum absolute atomic E-state index is 0.0328. The molecule has 28 heavy (non-hydrogen) atoms. The average Bonchev–Trinajstić information content (AvgIpc) is 3.09. The Hall–Kier alpha value is -2.24. The zero-order chi connectivity index (χ0) is 20.3. The summed E-state index contributed by atoms with van der Waals surface area (Å²) in [6.45, 7) is 14.3. The van der Waals surface area contributed by atoms with Crippen LogP contribution in [0.3, 0.4) is 0 Å². The summed E-state index contributed by atoms with van der Waals surface area (Å²) in [5.41, 5.74) is 5.24. The first-order valence-corrected chi connectivity index (χ1v) is 10.8. The van der Waals surface area contributed by atoms with Gasteiger partial charge in [0.1, 0.15) is 0 Å². The Morgan fingerprint density at radius 2 is 1.79 bits per heavy atom. The third-order valence-corrected chi connectivity index (χ3v) is 6.49. The van der Waals surface area contributed by atoms with Gasteiger partial charge in [-0.3, -0.25) is 9.69 Å². The van der Waals surface area contributed by atoms with Crippen LogP contribution in [-0.4, -0.2) is 37.1 Å². The first-order chi connectivity index (χ1) is 13.4. The second-order valence-corrected chi connectivity index (χ2v) is 8.44. The highest BCUT2D eigenvalue weighted by atomic mass is 32.1. The minimum Gasteiger partial charge on any atom is -0.334 e. The third kappa shape index (κ3) is 4.42. The minimum atomic E-state index is 0.0328. The van der Waals surface area contributed by atoms with Crippen LogP contribution in [0.1, 0.15) is 40.9 Å². The summed E-state index contributed by atoms with van der Waals surface area (Å²) in [5.74, 6) is 0.0328. The predicted molar refractivity (Wildman–Crippen MR) is 119 cm³/mol. The Morgan fingerprint density at radius 3 is 2.46 bits per heavy atom. The summed E-state index contributed by atoms with van der Waals surface area (Å²) in [5, 5.41) is 0.787. The number of aryl methyl sites for hydroxylation is 3. The number of hydrogen-bond donors (Lipinski definition) is 1. The SMILES string of the molecule is CC[NH+](CC)CCN(C(=O)c1ccc(C)c(C)c1)c1nc2ccc(C)cc2s1. The van der Waals surface area contributed by atoms with E-state index in [1.807, 2.05) is 29.2 Å². The van der Waals surface area contributed by atoms with E-state index < -0.39 is 0 Å². The van der Waals surface area contributed by atoms with Gasteiger partial charge in [-0.2, -0.15) is 0 Å². The molecule has 1 amide bonds. The molecule has 0 unspecified atom stereocenters. The average molecular weight is 397 g/mol. The number of carbonyl (C=O) groups is 1.